The Balaban J connectivity index is 1.63. The molecule has 1 aliphatic carbocycles. The van der Waals surface area contributed by atoms with Gasteiger partial charge >= 0.3 is 0 Å². The fourth-order valence-electron chi connectivity index (χ4n) is 3.24. The van der Waals surface area contributed by atoms with E-state index in [0.717, 1.165) is 46.2 Å². The molecule has 2 aromatic carbocycles. The SMILES string of the molecule is COc1ccc(-c2nc(-c3ccccc3)cs2)cc1OC1CCCC1. The average molecular weight is 351 g/mol. The molecular weight excluding hydrogens is 330 g/mol. The molecule has 0 amide bonds. The van der Waals surface area contributed by atoms with Crippen LogP contribution in [-0.2, 0) is 0 Å². The van der Waals surface area contributed by atoms with E-state index in [9.17, 15) is 0 Å². The second-order valence-electron chi connectivity index (χ2n) is 6.29. The Labute approximate surface area is 152 Å². The summed E-state index contributed by atoms with van der Waals surface area (Å²) in [6.45, 7) is 0. The quantitative estimate of drug-likeness (QED) is 0.581. The van der Waals surface area contributed by atoms with Gasteiger partial charge in [0.25, 0.3) is 0 Å². The highest BCUT2D eigenvalue weighted by Crippen LogP contribution is 2.37. The van der Waals surface area contributed by atoms with Crippen LogP contribution in [0.3, 0.4) is 0 Å². The average Bonchev–Trinajstić information content (AvgIpc) is 3.34. The Morgan fingerprint density at radius 1 is 0.960 bits per heavy atom. The molecule has 1 aromatic heterocycles. The van der Waals surface area contributed by atoms with E-state index in [4.69, 9.17) is 14.5 Å². The molecule has 3 aromatic rings. The lowest BCUT2D eigenvalue weighted by Crippen LogP contribution is -2.11. The molecule has 0 N–H and O–H groups in total. The number of nitrogens with zero attached hydrogens (tertiary/aromatic N) is 1. The van der Waals surface area contributed by atoms with Crippen LogP contribution < -0.4 is 9.47 Å². The van der Waals surface area contributed by atoms with Crippen molar-refractivity contribution >= 4 is 11.3 Å². The molecule has 4 heteroatoms. The van der Waals surface area contributed by atoms with Gasteiger partial charge in [-0.05, 0) is 43.9 Å². The van der Waals surface area contributed by atoms with Gasteiger partial charge in [0, 0.05) is 16.5 Å². The van der Waals surface area contributed by atoms with E-state index in [2.05, 4.69) is 23.6 Å². The van der Waals surface area contributed by atoms with E-state index in [0.29, 0.717) is 6.10 Å². The largest absolute Gasteiger partial charge is 0.493 e. The Bertz CT molecular complexity index is 838. The lowest BCUT2D eigenvalue weighted by Gasteiger charge is -2.16. The maximum Gasteiger partial charge on any atom is 0.162 e. The molecule has 0 saturated heterocycles. The Hall–Kier alpha value is -2.33. The van der Waals surface area contributed by atoms with Crippen molar-refractivity contribution in [2.75, 3.05) is 7.11 Å². The zero-order chi connectivity index (χ0) is 17.1. The molecule has 3 nitrogen and oxygen atoms in total. The fraction of sp³-hybridized carbons (Fsp3) is 0.286. The van der Waals surface area contributed by atoms with Crippen LogP contribution in [0.4, 0.5) is 0 Å². The minimum atomic E-state index is 0.306. The molecule has 0 spiro atoms. The Morgan fingerprint density at radius 3 is 2.52 bits per heavy atom. The lowest BCUT2D eigenvalue weighted by molar-refractivity contribution is 0.201. The van der Waals surface area contributed by atoms with Gasteiger partial charge in [-0.3, -0.25) is 0 Å². The van der Waals surface area contributed by atoms with Crippen molar-refractivity contribution in [3.8, 4) is 33.3 Å². The summed E-state index contributed by atoms with van der Waals surface area (Å²) in [5, 5.41) is 3.10. The summed E-state index contributed by atoms with van der Waals surface area (Å²) in [5.41, 5.74) is 3.22. The van der Waals surface area contributed by atoms with Crippen LogP contribution in [-0.4, -0.2) is 18.2 Å². The maximum atomic E-state index is 6.20. The molecule has 0 radical (unpaired) electrons. The summed E-state index contributed by atoms with van der Waals surface area (Å²) < 4.78 is 11.7. The van der Waals surface area contributed by atoms with E-state index in [-0.39, 0.29) is 0 Å². The number of ether oxygens (including phenoxy) is 2. The van der Waals surface area contributed by atoms with Crippen molar-refractivity contribution in [3.63, 3.8) is 0 Å². The van der Waals surface area contributed by atoms with Crippen LogP contribution in [0.1, 0.15) is 25.7 Å². The van der Waals surface area contributed by atoms with Gasteiger partial charge in [0.15, 0.2) is 11.5 Å². The molecule has 0 bridgehead atoms. The van der Waals surface area contributed by atoms with Gasteiger partial charge in [-0.2, -0.15) is 0 Å². The van der Waals surface area contributed by atoms with Crippen LogP contribution in [0, 0.1) is 0 Å². The zero-order valence-electron chi connectivity index (χ0n) is 14.3. The van der Waals surface area contributed by atoms with Crippen molar-refractivity contribution in [2.45, 2.75) is 31.8 Å². The monoisotopic (exact) mass is 351 g/mol. The van der Waals surface area contributed by atoms with Gasteiger partial charge in [-0.25, -0.2) is 4.98 Å². The van der Waals surface area contributed by atoms with Crippen molar-refractivity contribution in [2.24, 2.45) is 0 Å². The highest BCUT2D eigenvalue weighted by molar-refractivity contribution is 7.13. The van der Waals surface area contributed by atoms with E-state index in [1.165, 1.54) is 12.8 Å². The normalized spacial score (nSPS) is 14.6. The van der Waals surface area contributed by atoms with Crippen LogP contribution in [0.15, 0.2) is 53.9 Å². The smallest absolute Gasteiger partial charge is 0.162 e. The van der Waals surface area contributed by atoms with E-state index < -0.39 is 0 Å². The molecular formula is C21H21NO2S. The second kappa shape index (κ2) is 7.28. The van der Waals surface area contributed by atoms with Gasteiger partial charge in [-0.1, -0.05) is 30.3 Å². The standard InChI is InChI=1S/C21H21NO2S/c1-23-19-12-11-16(13-20(19)24-17-9-5-6-10-17)21-22-18(14-25-21)15-7-3-2-4-8-15/h2-4,7-8,11-14,17H,5-6,9-10H2,1H3. The summed E-state index contributed by atoms with van der Waals surface area (Å²) in [6.07, 6.45) is 5.06. The van der Waals surface area contributed by atoms with E-state index >= 15 is 0 Å². The van der Waals surface area contributed by atoms with Crippen LogP contribution in [0.2, 0.25) is 0 Å². The highest BCUT2D eigenvalue weighted by atomic mass is 32.1. The van der Waals surface area contributed by atoms with Gasteiger partial charge in [-0.15, -0.1) is 11.3 Å². The molecule has 4 rings (SSSR count). The molecule has 0 unspecified atom stereocenters. The summed E-state index contributed by atoms with van der Waals surface area (Å²) in [4.78, 5) is 4.80. The first-order chi connectivity index (χ1) is 12.3. The van der Waals surface area contributed by atoms with Crippen LogP contribution >= 0.6 is 11.3 Å². The lowest BCUT2D eigenvalue weighted by atomic mass is 10.1. The first kappa shape index (κ1) is 16.2. The molecule has 128 valence electrons. The second-order valence-corrected chi connectivity index (χ2v) is 7.15. The van der Waals surface area contributed by atoms with Gasteiger partial charge in [0.05, 0.1) is 18.9 Å². The highest BCUT2D eigenvalue weighted by Gasteiger charge is 2.19. The third kappa shape index (κ3) is 3.54. The number of thiazole rings is 1. The number of hydrogen-bond donors (Lipinski definition) is 0. The summed E-state index contributed by atoms with van der Waals surface area (Å²) in [7, 11) is 1.69. The minimum absolute atomic E-state index is 0.306. The Morgan fingerprint density at radius 2 is 1.76 bits per heavy atom. The number of methoxy groups -OCH3 is 1. The van der Waals surface area contributed by atoms with Crippen LogP contribution in [0.5, 0.6) is 11.5 Å². The zero-order valence-corrected chi connectivity index (χ0v) is 15.1. The first-order valence-electron chi connectivity index (χ1n) is 8.69. The molecule has 25 heavy (non-hydrogen) atoms. The van der Waals surface area contributed by atoms with Gasteiger partial charge in [0.2, 0.25) is 0 Å². The maximum absolute atomic E-state index is 6.20. The summed E-state index contributed by atoms with van der Waals surface area (Å²) in [5.74, 6) is 1.61. The van der Waals surface area contributed by atoms with Crippen molar-refractivity contribution in [1.29, 1.82) is 0 Å². The molecule has 0 atom stereocenters. The first-order valence-corrected chi connectivity index (χ1v) is 9.57. The van der Waals surface area contributed by atoms with Crippen LogP contribution in [0.25, 0.3) is 21.8 Å². The Kier molecular flexibility index (Phi) is 4.70. The number of benzene rings is 2. The van der Waals surface area contributed by atoms with Crippen molar-refractivity contribution in [3.05, 3.63) is 53.9 Å². The molecule has 1 aliphatic rings. The number of rotatable bonds is 5. The molecule has 0 aliphatic heterocycles. The summed E-state index contributed by atoms with van der Waals surface area (Å²) in [6, 6.07) is 16.3. The third-order valence-electron chi connectivity index (χ3n) is 4.58. The third-order valence-corrected chi connectivity index (χ3v) is 5.47. The fourth-order valence-corrected chi connectivity index (χ4v) is 4.06. The van der Waals surface area contributed by atoms with Crippen molar-refractivity contribution < 1.29 is 9.47 Å². The topological polar surface area (TPSA) is 31.4 Å². The molecule has 1 saturated carbocycles. The number of aromatic nitrogens is 1. The molecule has 1 heterocycles. The minimum Gasteiger partial charge on any atom is -0.493 e. The summed E-state index contributed by atoms with van der Waals surface area (Å²) >= 11 is 1.65. The van der Waals surface area contributed by atoms with Gasteiger partial charge < -0.3 is 9.47 Å². The number of hydrogen-bond acceptors (Lipinski definition) is 4. The van der Waals surface area contributed by atoms with Crippen molar-refractivity contribution in [1.82, 2.24) is 4.98 Å². The van der Waals surface area contributed by atoms with E-state index in [1.807, 2.05) is 30.3 Å². The van der Waals surface area contributed by atoms with E-state index in [1.54, 1.807) is 18.4 Å². The predicted molar refractivity (Wildman–Crippen MR) is 102 cm³/mol. The predicted octanol–water partition coefficient (Wildman–Crippen LogP) is 5.81. The molecule has 1 fully saturated rings. The van der Waals surface area contributed by atoms with Gasteiger partial charge in [0.1, 0.15) is 5.01 Å².